The van der Waals surface area contributed by atoms with E-state index in [0.717, 1.165) is 24.3 Å². The van der Waals surface area contributed by atoms with Crippen LogP contribution in [0.5, 0.6) is 0 Å². The molecule has 20 heavy (non-hydrogen) atoms. The van der Waals surface area contributed by atoms with Crippen molar-refractivity contribution in [1.29, 1.82) is 0 Å². The Hall–Kier alpha value is -1.95. The summed E-state index contributed by atoms with van der Waals surface area (Å²) in [6.07, 6.45) is 1.70. The molecule has 1 aromatic rings. The smallest absolute Gasteiger partial charge is 0.279 e. The number of rotatable bonds is 4. The van der Waals surface area contributed by atoms with Gasteiger partial charge < -0.3 is 16.0 Å². The van der Waals surface area contributed by atoms with Gasteiger partial charge in [-0.2, -0.15) is 0 Å². The van der Waals surface area contributed by atoms with Crippen molar-refractivity contribution in [2.75, 3.05) is 25.0 Å². The average Bonchev–Trinajstić information content (AvgIpc) is 2.41. The number of carbonyl (C=O) groups is 2. The maximum Gasteiger partial charge on any atom is 0.279 e. The summed E-state index contributed by atoms with van der Waals surface area (Å²) in [4.78, 5) is 24.1. The fraction of sp³-hybridized carbons (Fsp3) is 0.429. The van der Waals surface area contributed by atoms with Crippen LogP contribution in [0.15, 0.2) is 24.3 Å². The molecular weight excluding hydrogens is 261 g/mol. The Morgan fingerprint density at radius 2 is 2.05 bits per heavy atom. The molecule has 1 heterocycles. The molecule has 0 bridgehead atoms. The van der Waals surface area contributed by atoms with Crippen LogP contribution in [-0.2, 0) is 9.59 Å². The Labute approximate surface area is 116 Å². The molecule has 2 rings (SSSR count). The monoisotopic (exact) mass is 280 g/mol. The molecule has 1 saturated heterocycles. The summed E-state index contributed by atoms with van der Waals surface area (Å²) < 4.78 is 12.8. The maximum atomic E-state index is 12.8. The molecule has 1 unspecified atom stereocenters. The molecule has 108 valence electrons. The molecule has 0 spiro atoms. The van der Waals surface area contributed by atoms with Crippen LogP contribution in [0.3, 0.4) is 0 Å². The van der Waals surface area contributed by atoms with Gasteiger partial charge in [0.05, 0.1) is 19.0 Å². The Balaban J connectivity index is 1.85. The van der Waals surface area contributed by atoms with Gasteiger partial charge in [0.2, 0.25) is 5.91 Å². The number of carbonyl (C=O) groups excluding carboxylic acids is 2. The van der Waals surface area contributed by atoms with Gasteiger partial charge in [-0.3, -0.25) is 9.59 Å². The lowest BCUT2D eigenvalue weighted by atomic mass is 9.97. The molecule has 4 N–H and O–H groups in total. The van der Waals surface area contributed by atoms with Crippen molar-refractivity contribution >= 4 is 17.5 Å². The van der Waals surface area contributed by atoms with Gasteiger partial charge in [0.25, 0.3) is 5.91 Å². The average molecular weight is 280 g/mol. The number of benzene rings is 1. The number of likely N-dealkylation sites (tertiary alicyclic amines) is 1. The molecule has 2 atom stereocenters. The minimum Gasteiger partial charge on any atom is -0.369 e. The fourth-order valence-corrected chi connectivity index (χ4v) is 2.52. The highest BCUT2D eigenvalue weighted by Crippen LogP contribution is 2.08. The third-order valence-electron chi connectivity index (χ3n) is 3.56. The maximum absolute atomic E-state index is 12.8. The zero-order valence-electron chi connectivity index (χ0n) is 11.2. The van der Waals surface area contributed by atoms with E-state index in [1.54, 1.807) is 0 Å². The largest absolute Gasteiger partial charge is 0.369 e. The van der Waals surface area contributed by atoms with Crippen molar-refractivity contribution in [3.8, 4) is 0 Å². The van der Waals surface area contributed by atoms with Crippen molar-refractivity contribution in [3.05, 3.63) is 30.1 Å². The van der Waals surface area contributed by atoms with Gasteiger partial charge in [0.1, 0.15) is 5.82 Å². The van der Waals surface area contributed by atoms with Crippen molar-refractivity contribution in [1.82, 2.24) is 0 Å². The van der Waals surface area contributed by atoms with E-state index in [2.05, 4.69) is 5.32 Å². The van der Waals surface area contributed by atoms with E-state index in [0.29, 0.717) is 18.8 Å². The highest BCUT2D eigenvalue weighted by Gasteiger charge is 2.28. The summed E-state index contributed by atoms with van der Waals surface area (Å²) in [6, 6.07) is 5.63. The van der Waals surface area contributed by atoms with Crippen molar-refractivity contribution in [2.24, 2.45) is 11.7 Å². The van der Waals surface area contributed by atoms with Crippen LogP contribution >= 0.6 is 0 Å². The summed E-state index contributed by atoms with van der Waals surface area (Å²) >= 11 is 0. The molecule has 0 radical (unpaired) electrons. The minimum absolute atomic E-state index is 0.141. The highest BCUT2D eigenvalue weighted by atomic mass is 19.1. The zero-order valence-corrected chi connectivity index (χ0v) is 11.2. The number of hydrogen-bond acceptors (Lipinski definition) is 2. The summed E-state index contributed by atoms with van der Waals surface area (Å²) in [5, 5.41) is 2.72. The first-order chi connectivity index (χ1) is 9.54. The van der Waals surface area contributed by atoms with Crippen LogP contribution in [0.25, 0.3) is 0 Å². The van der Waals surface area contributed by atoms with E-state index < -0.39 is 0 Å². The van der Waals surface area contributed by atoms with E-state index in [1.165, 1.54) is 24.3 Å². The van der Waals surface area contributed by atoms with Gasteiger partial charge in [0, 0.05) is 5.69 Å². The van der Waals surface area contributed by atoms with Gasteiger partial charge in [-0.15, -0.1) is 0 Å². The van der Waals surface area contributed by atoms with Crippen molar-refractivity contribution in [3.63, 3.8) is 0 Å². The van der Waals surface area contributed by atoms with Crippen molar-refractivity contribution in [2.45, 2.75) is 12.8 Å². The van der Waals surface area contributed by atoms with E-state index in [1.807, 2.05) is 0 Å². The SMILES string of the molecule is NC(=O)[C@H]1CCC[NH+](CC(=O)Nc2ccc(F)cc2)C1. The van der Waals surface area contributed by atoms with Gasteiger partial charge in [0.15, 0.2) is 6.54 Å². The van der Waals surface area contributed by atoms with Gasteiger partial charge in [-0.1, -0.05) is 0 Å². The Bertz CT molecular complexity index is 490. The molecule has 5 nitrogen and oxygen atoms in total. The van der Waals surface area contributed by atoms with Crippen LogP contribution in [0.2, 0.25) is 0 Å². The molecule has 6 heteroatoms. The molecule has 1 aliphatic heterocycles. The lowest BCUT2D eigenvalue weighted by Crippen LogP contribution is -3.14. The second-order valence-corrected chi connectivity index (χ2v) is 5.18. The van der Waals surface area contributed by atoms with E-state index in [-0.39, 0.29) is 23.5 Å². The van der Waals surface area contributed by atoms with Crippen LogP contribution in [0.4, 0.5) is 10.1 Å². The standard InChI is InChI=1S/C14H18FN3O2/c15-11-3-5-12(6-4-11)17-13(19)9-18-7-1-2-10(8-18)14(16)20/h3-6,10H,1-2,7-9H2,(H2,16,20)(H,17,19)/p+1/t10-/m0/s1. The minimum atomic E-state index is -0.339. The molecule has 1 fully saturated rings. The normalized spacial score (nSPS) is 22.2. The second kappa shape index (κ2) is 6.47. The summed E-state index contributed by atoms with van der Waals surface area (Å²) in [7, 11) is 0. The number of hydrogen-bond donors (Lipinski definition) is 3. The van der Waals surface area contributed by atoms with Crippen LogP contribution in [-0.4, -0.2) is 31.4 Å². The number of primary amides is 1. The Kier molecular flexibility index (Phi) is 4.68. The molecule has 2 amide bonds. The van der Waals surface area contributed by atoms with E-state index in [9.17, 15) is 14.0 Å². The Morgan fingerprint density at radius 3 is 2.70 bits per heavy atom. The number of quaternary nitrogens is 1. The third-order valence-corrected chi connectivity index (χ3v) is 3.56. The molecule has 0 aliphatic carbocycles. The number of anilines is 1. The molecule has 0 aromatic heterocycles. The summed E-state index contributed by atoms with van der Waals surface area (Å²) in [6.45, 7) is 1.76. The first-order valence-electron chi connectivity index (χ1n) is 6.73. The lowest BCUT2D eigenvalue weighted by molar-refractivity contribution is -0.899. The predicted octanol–water partition coefficient (Wildman–Crippen LogP) is -0.456. The van der Waals surface area contributed by atoms with Crippen LogP contribution in [0, 0.1) is 11.7 Å². The summed E-state index contributed by atoms with van der Waals surface area (Å²) in [5.41, 5.74) is 5.88. The number of nitrogens with one attached hydrogen (secondary N) is 2. The van der Waals surface area contributed by atoms with Crippen LogP contribution < -0.4 is 16.0 Å². The first-order valence-corrected chi connectivity index (χ1v) is 6.73. The van der Waals surface area contributed by atoms with E-state index >= 15 is 0 Å². The molecule has 1 aliphatic rings. The summed E-state index contributed by atoms with van der Waals surface area (Å²) in [5.74, 6) is -0.913. The predicted molar refractivity (Wildman–Crippen MR) is 72.5 cm³/mol. The Morgan fingerprint density at radius 1 is 1.35 bits per heavy atom. The zero-order chi connectivity index (χ0) is 14.5. The first kappa shape index (κ1) is 14.5. The highest BCUT2D eigenvalue weighted by molar-refractivity contribution is 5.91. The van der Waals surface area contributed by atoms with E-state index in [4.69, 9.17) is 5.73 Å². The second-order valence-electron chi connectivity index (χ2n) is 5.18. The number of halogens is 1. The number of nitrogens with two attached hydrogens (primary N) is 1. The number of piperidine rings is 1. The van der Waals surface area contributed by atoms with Gasteiger partial charge >= 0.3 is 0 Å². The van der Waals surface area contributed by atoms with Gasteiger partial charge in [-0.25, -0.2) is 4.39 Å². The van der Waals surface area contributed by atoms with Crippen LogP contribution in [0.1, 0.15) is 12.8 Å². The lowest BCUT2D eigenvalue weighted by Gasteiger charge is -2.27. The quantitative estimate of drug-likeness (QED) is 0.698. The van der Waals surface area contributed by atoms with Crippen molar-refractivity contribution < 1.29 is 18.9 Å². The third kappa shape index (κ3) is 4.03. The molecular formula is C14H19FN3O2+. The fourth-order valence-electron chi connectivity index (χ4n) is 2.52. The molecule has 1 aromatic carbocycles. The molecule has 0 saturated carbocycles. The topological polar surface area (TPSA) is 76.6 Å². The van der Waals surface area contributed by atoms with Gasteiger partial charge in [-0.05, 0) is 37.1 Å². The number of amides is 2.